The number of carbonyl (C=O) groups excluding carboxylic acids is 1. The molecule has 7 heteroatoms. The minimum atomic E-state index is -0.175. The Morgan fingerprint density at radius 1 is 1.16 bits per heavy atom. The van der Waals surface area contributed by atoms with Crippen molar-refractivity contribution in [1.29, 1.82) is 0 Å². The summed E-state index contributed by atoms with van der Waals surface area (Å²) in [4.78, 5) is 16.3. The molecule has 1 aromatic carbocycles. The van der Waals surface area contributed by atoms with E-state index in [0.29, 0.717) is 17.3 Å². The molecule has 0 spiro atoms. The summed E-state index contributed by atoms with van der Waals surface area (Å²) in [5, 5.41) is 3.93. The standard InChI is InChI=1S/C18H22N2O5/c1-22-14-9-8-13(10-15(14)23-2)17-19-16(25-20-17)11-24-18(21)12-6-4-3-5-7-12/h8-10,12H,3-7,11H2,1-2H3. The van der Waals surface area contributed by atoms with Gasteiger partial charge in [-0.15, -0.1) is 0 Å². The fourth-order valence-corrected chi connectivity index (χ4v) is 3.00. The predicted octanol–water partition coefficient (Wildman–Crippen LogP) is 3.38. The van der Waals surface area contributed by atoms with Crippen LogP contribution in [-0.4, -0.2) is 30.3 Å². The molecule has 3 rings (SSSR count). The maximum Gasteiger partial charge on any atom is 0.309 e. The van der Waals surface area contributed by atoms with Crippen LogP contribution in [0.1, 0.15) is 38.0 Å². The van der Waals surface area contributed by atoms with Gasteiger partial charge in [-0.25, -0.2) is 0 Å². The second-order valence-corrected chi connectivity index (χ2v) is 6.02. The van der Waals surface area contributed by atoms with Crippen LogP contribution in [0.3, 0.4) is 0 Å². The predicted molar refractivity (Wildman–Crippen MR) is 89.2 cm³/mol. The molecule has 7 nitrogen and oxygen atoms in total. The monoisotopic (exact) mass is 346 g/mol. The first-order valence-electron chi connectivity index (χ1n) is 8.43. The number of aromatic nitrogens is 2. The first-order chi connectivity index (χ1) is 12.2. The molecule has 2 aromatic rings. The molecular weight excluding hydrogens is 324 g/mol. The van der Waals surface area contributed by atoms with E-state index in [2.05, 4.69) is 10.1 Å². The van der Waals surface area contributed by atoms with Gasteiger partial charge in [0, 0.05) is 5.56 Å². The van der Waals surface area contributed by atoms with Gasteiger partial charge in [0.2, 0.25) is 5.82 Å². The van der Waals surface area contributed by atoms with E-state index in [0.717, 1.165) is 31.2 Å². The molecule has 1 aliphatic carbocycles. The van der Waals surface area contributed by atoms with Gasteiger partial charge < -0.3 is 18.7 Å². The lowest BCUT2D eigenvalue weighted by Crippen LogP contribution is -2.20. The van der Waals surface area contributed by atoms with E-state index in [1.165, 1.54) is 6.42 Å². The minimum absolute atomic E-state index is 0.00184. The molecule has 1 aliphatic rings. The number of benzene rings is 1. The maximum absolute atomic E-state index is 12.1. The van der Waals surface area contributed by atoms with Crippen LogP contribution in [-0.2, 0) is 16.1 Å². The second kappa shape index (κ2) is 8.00. The van der Waals surface area contributed by atoms with Crippen molar-refractivity contribution >= 4 is 5.97 Å². The van der Waals surface area contributed by atoms with Crippen molar-refractivity contribution in [3.05, 3.63) is 24.1 Å². The third-order valence-electron chi connectivity index (χ3n) is 4.39. The highest BCUT2D eigenvalue weighted by Crippen LogP contribution is 2.31. The molecule has 0 saturated heterocycles. The summed E-state index contributed by atoms with van der Waals surface area (Å²) in [7, 11) is 3.14. The van der Waals surface area contributed by atoms with Gasteiger partial charge in [0.15, 0.2) is 18.1 Å². The summed E-state index contributed by atoms with van der Waals surface area (Å²) in [6.07, 6.45) is 5.18. The van der Waals surface area contributed by atoms with E-state index >= 15 is 0 Å². The van der Waals surface area contributed by atoms with Gasteiger partial charge in [0.1, 0.15) is 0 Å². The fraction of sp³-hybridized carbons (Fsp3) is 0.500. The van der Waals surface area contributed by atoms with Crippen molar-refractivity contribution in [3.8, 4) is 22.9 Å². The molecule has 0 radical (unpaired) electrons. The highest BCUT2D eigenvalue weighted by Gasteiger charge is 2.23. The number of methoxy groups -OCH3 is 2. The lowest BCUT2D eigenvalue weighted by Gasteiger charge is -2.19. The molecular formula is C18H22N2O5. The Hall–Kier alpha value is -2.57. The first-order valence-corrected chi connectivity index (χ1v) is 8.43. The van der Waals surface area contributed by atoms with Gasteiger partial charge in [0.25, 0.3) is 5.89 Å². The van der Waals surface area contributed by atoms with E-state index in [-0.39, 0.29) is 24.4 Å². The molecule has 1 aromatic heterocycles. The van der Waals surface area contributed by atoms with Crippen molar-refractivity contribution in [1.82, 2.24) is 10.1 Å². The zero-order valence-electron chi connectivity index (χ0n) is 14.5. The van der Waals surface area contributed by atoms with E-state index in [1.54, 1.807) is 26.4 Å². The Morgan fingerprint density at radius 2 is 1.92 bits per heavy atom. The summed E-state index contributed by atoms with van der Waals surface area (Å²) in [6.45, 7) is -0.00434. The zero-order valence-corrected chi connectivity index (χ0v) is 14.5. The van der Waals surface area contributed by atoms with Gasteiger partial charge in [0.05, 0.1) is 20.1 Å². The van der Waals surface area contributed by atoms with E-state index in [9.17, 15) is 4.79 Å². The van der Waals surface area contributed by atoms with E-state index < -0.39 is 0 Å². The molecule has 0 amide bonds. The largest absolute Gasteiger partial charge is 0.493 e. The summed E-state index contributed by atoms with van der Waals surface area (Å²) in [6, 6.07) is 5.35. The normalized spacial score (nSPS) is 15.0. The van der Waals surface area contributed by atoms with Gasteiger partial charge in [-0.05, 0) is 31.0 Å². The Bertz CT molecular complexity index is 722. The number of carbonyl (C=O) groups is 1. The van der Waals surface area contributed by atoms with Crippen molar-refractivity contribution in [3.63, 3.8) is 0 Å². The topological polar surface area (TPSA) is 83.7 Å². The summed E-state index contributed by atoms with van der Waals surface area (Å²) in [5.41, 5.74) is 0.728. The van der Waals surface area contributed by atoms with Crippen molar-refractivity contribution in [2.24, 2.45) is 5.92 Å². The van der Waals surface area contributed by atoms with E-state index in [4.69, 9.17) is 18.7 Å². The molecule has 1 heterocycles. The lowest BCUT2D eigenvalue weighted by atomic mass is 9.89. The number of esters is 1. The Kier molecular flexibility index (Phi) is 5.53. The lowest BCUT2D eigenvalue weighted by molar-refractivity contribution is -0.151. The number of hydrogen-bond acceptors (Lipinski definition) is 7. The van der Waals surface area contributed by atoms with Crippen LogP contribution in [0, 0.1) is 5.92 Å². The number of hydrogen-bond donors (Lipinski definition) is 0. The smallest absolute Gasteiger partial charge is 0.309 e. The van der Waals surface area contributed by atoms with Crippen molar-refractivity contribution in [2.45, 2.75) is 38.7 Å². The molecule has 0 atom stereocenters. The third-order valence-corrected chi connectivity index (χ3v) is 4.39. The highest BCUT2D eigenvalue weighted by atomic mass is 16.6. The summed E-state index contributed by atoms with van der Waals surface area (Å²) < 4.78 is 21.0. The van der Waals surface area contributed by atoms with Crippen LogP contribution in [0.2, 0.25) is 0 Å². The first kappa shape index (κ1) is 17.3. The molecule has 1 saturated carbocycles. The minimum Gasteiger partial charge on any atom is -0.493 e. The summed E-state index contributed by atoms with van der Waals surface area (Å²) in [5.74, 6) is 1.71. The average molecular weight is 346 g/mol. The fourth-order valence-electron chi connectivity index (χ4n) is 3.00. The highest BCUT2D eigenvalue weighted by molar-refractivity contribution is 5.72. The number of ether oxygens (including phenoxy) is 3. The SMILES string of the molecule is COc1ccc(-c2noc(COC(=O)C3CCCCC3)n2)cc1OC. The molecule has 0 aliphatic heterocycles. The van der Waals surface area contributed by atoms with Crippen LogP contribution >= 0.6 is 0 Å². The van der Waals surface area contributed by atoms with Crippen LogP contribution in [0.4, 0.5) is 0 Å². The second-order valence-electron chi connectivity index (χ2n) is 6.02. The summed E-state index contributed by atoms with van der Waals surface area (Å²) >= 11 is 0. The van der Waals surface area contributed by atoms with Crippen molar-refractivity contribution in [2.75, 3.05) is 14.2 Å². The zero-order chi connectivity index (χ0) is 17.6. The average Bonchev–Trinajstić information content (AvgIpc) is 3.15. The molecule has 0 N–H and O–H groups in total. The van der Waals surface area contributed by atoms with Crippen LogP contribution in [0.25, 0.3) is 11.4 Å². The Morgan fingerprint density at radius 3 is 2.64 bits per heavy atom. The maximum atomic E-state index is 12.1. The number of nitrogens with zero attached hydrogens (tertiary/aromatic N) is 2. The van der Waals surface area contributed by atoms with Gasteiger partial charge in [-0.3, -0.25) is 4.79 Å². The molecule has 134 valence electrons. The van der Waals surface area contributed by atoms with Gasteiger partial charge in [-0.2, -0.15) is 4.98 Å². The van der Waals surface area contributed by atoms with E-state index in [1.807, 2.05) is 6.07 Å². The molecule has 25 heavy (non-hydrogen) atoms. The van der Waals surface area contributed by atoms with Gasteiger partial charge >= 0.3 is 5.97 Å². The van der Waals surface area contributed by atoms with Gasteiger partial charge in [-0.1, -0.05) is 24.4 Å². The van der Waals surface area contributed by atoms with Crippen LogP contribution < -0.4 is 9.47 Å². The Labute approximate surface area is 146 Å². The van der Waals surface area contributed by atoms with Crippen molar-refractivity contribution < 1.29 is 23.5 Å². The molecule has 0 bridgehead atoms. The number of rotatable bonds is 6. The van der Waals surface area contributed by atoms with Crippen LogP contribution in [0.15, 0.2) is 22.7 Å². The Balaban J connectivity index is 1.63. The third kappa shape index (κ3) is 4.10. The molecule has 0 unspecified atom stereocenters. The molecule has 1 fully saturated rings. The van der Waals surface area contributed by atoms with Crippen LogP contribution in [0.5, 0.6) is 11.5 Å². The quantitative estimate of drug-likeness (QED) is 0.741.